The van der Waals surface area contributed by atoms with Gasteiger partial charge in [-0.1, -0.05) is 53.3 Å². The van der Waals surface area contributed by atoms with Gasteiger partial charge in [-0.3, -0.25) is 4.40 Å². The van der Waals surface area contributed by atoms with E-state index in [1.165, 1.54) is 22.9 Å². The lowest BCUT2D eigenvalue weighted by Crippen LogP contribution is -2.06. The van der Waals surface area contributed by atoms with E-state index in [2.05, 4.69) is 15.2 Å². The largest absolute Gasteiger partial charge is 0.295 e. The van der Waals surface area contributed by atoms with Crippen molar-refractivity contribution in [1.82, 2.24) is 19.6 Å². The fraction of sp³-hybridized carbons (Fsp3) is 0.118. The highest BCUT2D eigenvalue weighted by Gasteiger charge is 2.22. The van der Waals surface area contributed by atoms with Gasteiger partial charge in [0.25, 0.3) is 6.43 Å². The van der Waals surface area contributed by atoms with Crippen molar-refractivity contribution in [1.29, 1.82) is 0 Å². The molecular weight excluding hydrogens is 430 g/mol. The van der Waals surface area contributed by atoms with Gasteiger partial charge < -0.3 is 0 Å². The molecule has 0 bridgehead atoms. The first-order valence-corrected chi connectivity index (χ1v) is 10.7. The zero-order valence-electron chi connectivity index (χ0n) is 14.0. The summed E-state index contributed by atoms with van der Waals surface area (Å²) in [6.45, 7) is 0. The predicted molar refractivity (Wildman–Crippen MR) is 101 cm³/mol. The van der Waals surface area contributed by atoms with Gasteiger partial charge in [-0.2, -0.15) is 0 Å². The maximum atomic E-state index is 12.8. The molecule has 1 aromatic carbocycles. The first-order valence-electron chi connectivity index (χ1n) is 7.90. The van der Waals surface area contributed by atoms with E-state index in [0.29, 0.717) is 28.2 Å². The van der Waals surface area contributed by atoms with Gasteiger partial charge >= 0.3 is 0 Å². The van der Waals surface area contributed by atoms with E-state index in [4.69, 9.17) is 11.6 Å². The highest BCUT2D eigenvalue weighted by atomic mass is 35.5. The van der Waals surface area contributed by atoms with Crippen LogP contribution in [0.1, 0.15) is 17.0 Å². The molecule has 4 aromatic rings. The Bertz CT molecular complexity index is 1260. The van der Waals surface area contributed by atoms with E-state index in [9.17, 15) is 17.2 Å². The molecule has 3 aromatic heterocycles. The second-order valence-electron chi connectivity index (χ2n) is 5.85. The lowest BCUT2D eigenvalue weighted by Gasteiger charge is -2.08. The number of rotatable bonds is 5. The number of halogens is 3. The number of aromatic nitrogens is 4. The van der Waals surface area contributed by atoms with Crippen molar-refractivity contribution in [2.24, 2.45) is 0 Å². The highest BCUT2D eigenvalue weighted by Crippen LogP contribution is 2.32. The van der Waals surface area contributed by atoms with Gasteiger partial charge in [0.2, 0.25) is 0 Å². The number of sulfone groups is 1. The quantitative estimate of drug-likeness (QED) is 0.459. The van der Waals surface area contributed by atoms with Crippen LogP contribution in [0.15, 0.2) is 53.7 Å². The molecular formula is C17H11ClF2N4O2S2. The van der Waals surface area contributed by atoms with E-state index in [1.54, 1.807) is 30.3 Å². The molecule has 4 rings (SSSR count). The van der Waals surface area contributed by atoms with E-state index in [-0.39, 0.29) is 20.7 Å². The van der Waals surface area contributed by atoms with Crippen molar-refractivity contribution >= 4 is 38.4 Å². The fourth-order valence-corrected chi connectivity index (χ4v) is 5.04. The van der Waals surface area contributed by atoms with Crippen molar-refractivity contribution < 1.29 is 17.2 Å². The van der Waals surface area contributed by atoms with Crippen molar-refractivity contribution in [3.8, 4) is 10.7 Å². The van der Waals surface area contributed by atoms with Gasteiger partial charge in [0, 0.05) is 6.20 Å². The molecule has 0 aliphatic rings. The number of hydrogen-bond acceptors (Lipinski definition) is 6. The average Bonchev–Trinajstić information content (AvgIpc) is 3.29. The Morgan fingerprint density at radius 1 is 1.18 bits per heavy atom. The Labute approximate surface area is 167 Å². The number of fused-ring (bicyclic) bond motifs is 1. The van der Waals surface area contributed by atoms with Crippen LogP contribution in [-0.4, -0.2) is 28.0 Å². The van der Waals surface area contributed by atoms with Crippen LogP contribution in [0.2, 0.25) is 5.02 Å². The Balaban J connectivity index is 1.80. The standard InChI is InChI=1S/C17H11ClF2N4O2S2/c18-12-6-11(28(25,26)9-10-4-2-1-3-5-10)8-24-13(7-21-15(12)24)16-22-23-17(27-16)14(19)20/h1-8,14H,9H2. The summed E-state index contributed by atoms with van der Waals surface area (Å²) in [6, 6.07) is 10.1. The van der Waals surface area contributed by atoms with E-state index < -0.39 is 21.3 Å². The Kier molecular flexibility index (Phi) is 4.86. The summed E-state index contributed by atoms with van der Waals surface area (Å²) in [6.07, 6.45) is 0.0198. The summed E-state index contributed by atoms with van der Waals surface area (Å²) < 4.78 is 52.7. The van der Waals surface area contributed by atoms with Crippen molar-refractivity contribution in [2.75, 3.05) is 0 Å². The first kappa shape index (κ1) is 18.9. The Morgan fingerprint density at radius 3 is 2.61 bits per heavy atom. The van der Waals surface area contributed by atoms with Crippen LogP contribution in [0.5, 0.6) is 0 Å². The van der Waals surface area contributed by atoms with Gasteiger partial charge in [-0.05, 0) is 11.6 Å². The molecule has 0 fully saturated rings. The molecule has 0 atom stereocenters. The number of alkyl halides is 2. The second-order valence-corrected chi connectivity index (χ2v) is 9.26. The molecule has 6 nitrogen and oxygen atoms in total. The van der Waals surface area contributed by atoms with Crippen molar-refractivity contribution in [2.45, 2.75) is 17.1 Å². The third-order valence-corrected chi connectivity index (χ3v) is 6.83. The molecule has 11 heteroatoms. The summed E-state index contributed by atoms with van der Waals surface area (Å²) in [5, 5.41) is 7.10. The molecule has 144 valence electrons. The molecule has 3 heterocycles. The monoisotopic (exact) mass is 440 g/mol. The van der Waals surface area contributed by atoms with Crippen LogP contribution >= 0.6 is 22.9 Å². The summed E-state index contributed by atoms with van der Waals surface area (Å²) in [5.74, 6) is -0.200. The van der Waals surface area contributed by atoms with E-state index >= 15 is 0 Å². The molecule has 0 radical (unpaired) electrons. The topological polar surface area (TPSA) is 77.2 Å². The molecule has 28 heavy (non-hydrogen) atoms. The molecule has 0 N–H and O–H groups in total. The van der Waals surface area contributed by atoms with E-state index in [0.717, 1.165) is 0 Å². The summed E-state index contributed by atoms with van der Waals surface area (Å²) in [4.78, 5) is 4.14. The minimum Gasteiger partial charge on any atom is -0.295 e. The zero-order chi connectivity index (χ0) is 19.9. The highest BCUT2D eigenvalue weighted by molar-refractivity contribution is 7.90. The molecule has 0 spiro atoms. The third-order valence-electron chi connectivity index (χ3n) is 3.94. The summed E-state index contributed by atoms with van der Waals surface area (Å²) in [7, 11) is -3.70. The number of pyridine rings is 1. The first-order chi connectivity index (χ1) is 13.3. The molecule has 0 aliphatic heterocycles. The molecule has 0 amide bonds. The molecule has 0 saturated heterocycles. The Hall–Kier alpha value is -2.43. The van der Waals surface area contributed by atoms with Gasteiger partial charge in [-0.25, -0.2) is 22.2 Å². The van der Waals surface area contributed by atoms with Gasteiger partial charge in [-0.15, -0.1) is 10.2 Å². The van der Waals surface area contributed by atoms with E-state index in [1.807, 2.05) is 0 Å². The van der Waals surface area contributed by atoms with Gasteiger partial charge in [0.1, 0.15) is 5.69 Å². The number of imidazole rings is 1. The third kappa shape index (κ3) is 3.50. The van der Waals surface area contributed by atoms with Crippen molar-refractivity contribution in [3.05, 3.63) is 64.4 Å². The van der Waals surface area contributed by atoms with Crippen LogP contribution in [0.25, 0.3) is 16.3 Å². The maximum Gasteiger partial charge on any atom is 0.291 e. The fourth-order valence-electron chi connectivity index (χ4n) is 2.65. The second kappa shape index (κ2) is 7.19. The molecule has 0 saturated carbocycles. The van der Waals surface area contributed by atoms with Crippen LogP contribution in [-0.2, 0) is 15.6 Å². The van der Waals surface area contributed by atoms with Gasteiger partial charge in [0.15, 0.2) is 25.5 Å². The van der Waals surface area contributed by atoms with Crippen molar-refractivity contribution in [3.63, 3.8) is 0 Å². The smallest absolute Gasteiger partial charge is 0.291 e. The van der Waals surface area contributed by atoms with Crippen LogP contribution in [0, 0.1) is 0 Å². The van der Waals surface area contributed by atoms with Crippen LogP contribution in [0.3, 0.4) is 0 Å². The zero-order valence-corrected chi connectivity index (χ0v) is 16.3. The minimum atomic E-state index is -3.70. The number of hydrogen-bond donors (Lipinski definition) is 0. The summed E-state index contributed by atoms with van der Waals surface area (Å²) in [5.41, 5.74) is 1.26. The minimum absolute atomic E-state index is 0.00768. The SMILES string of the molecule is O=S(=O)(Cc1ccccc1)c1cc(Cl)c2ncc(-c3nnc(C(F)F)s3)n2c1. The number of benzene rings is 1. The molecule has 0 unspecified atom stereocenters. The predicted octanol–water partition coefficient (Wildman–Crippen LogP) is 4.42. The summed E-state index contributed by atoms with van der Waals surface area (Å²) >= 11 is 6.94. The van der Waals surface area contributed by atoms with Gasteiger partial charge in [0.05, 0.1) is 21.9 Å². The lowest BCUT2D eigenvalue weighted by molar-refractivity contribution is 0.150. The van der Waals surface area contributed by atoms with Crippen LogP contribution in [0.4, 0.5) is 8.78 Å². The maximum absolute atomic E-state index is 12.8. The average molecular weight is 441 g/mol. The van der Waals surface area contributed by atoms with Crippen LogP contribution < -0.4 is 0 Å². The normalized spacial score (nSPS) is 12.1. The number of nitrogens with zero attached hydrogens (tertiary/aromatic N) is 4. The lowest BCUT2D eigenvalue weighted by atomic mass is 10.2. The Morgan fingerprint density at radius 2 is 1.93 bits per heavy atom. The molecule has 0 aliphatic carbocycles.